The molecule has 1 aliphatic heterocycles. The number of benzene rings is 3. The molecule has 1 saturated heterocycles. The van der Waals surface area contributed by atoms with Crippen LogP contribution >= 0.6 is 0 Å². The molecule has 3 aromatic carbocycles. The molecule has 0 unspecified atom stereocenters. The molecule has 0 atom stereocenters. The number of nitriles is 1. The lowest BCUT2D eigenvalue weighted by molar-refractivity contribution is 0.0724. The van der Waals surface area contributed by atoms with Crippen molar-refractivity contribution in [2.24, 2.45) is 0 Å². The van der Waals surface area contributed by atoms with E-state index in [0.717, 1.165) is 65.4 Å². The molecule has 33 heavy (non-hydrogen) atoms. The lowest BCUT2D eigenvalue weighted by Gasteiger charge is -2.26. The van der Waals surface area contributed by atoms with Crippen LogP contribution in [-0.4, -0.2) is 40.4 Å². The Labute approximate surface area is 192 Å². The Morgan fingerprint density at radius 2 is 1.79 bits per heavy atom. The van der Waals surface area contributed by atoms with E-state index in [4.69, 9.17) is 0 Å². The number of nitrogens with zero attached hydrogens (tertiary/aromatic N) is 4. The molecule has 1 fully saturated rings. The SMILES string of the molecule is N#Cc1ccc2ncnc(NCCc3ccc4cc(C(=O)N5CCCCC5)ccc4c3)c2c1. The zero-order valence-electron chi connectivity index (χ0n) is 18.4. The summed E-state index contributed by atoms with van der Waals surface area (Å²) in [5.41, 5.74) is 3.38. The molecule has 1 aromatic heterocycles. The van der Waals surface area contributed by atoms with Gasteiger partial charge in [0.2, 0.25) is 0 Å². The van der Waals surface area contributed by atoms with E-state index in [2.05, 4.69) is 39.6 Å². The Hall–Kier alpha value is -3.98. The molecule has 0 bridgehead atoms. The number of likely N-dealkylation sites (tertiary alicyclic amines) is 1. The Kier molecular flexibility index (Phi) is 5.86. The summed E-state index contributed by atoms with van der Waals surface area (Å²) in [5.74, 6) is 0.875. The number of amides is 1. The summed E-state index contributed by atoms with van der Waals surface area (Å²) in [5, 5.41) is 15.6. The van der Waals surface area contributed by atoms with Crippen LogP contribution < -0.4 is 5.32 Å². The summed E-state index contributed by atoms with van der Waals surface area (Å²) >= 11 is 0. The lowest BCUT2D eigenvalue weighted by Crippen LogP contribution is -2.35. The first-order chi connectivity index (χ1) is 16.2. The summed E-state index contributed by atoms with van der Waals surface area (Å²) in [6, 6.07) is 20.0. The van der Waals surface area contributed by atoms with Gasteiger partial charge < -0.3 is 10.2 Å². The van der Waals surface area contributed by atoms with E-state index in [0.29, 0.717) is 12.1 Å². The number of carbonyl (C=O) groups excluding carboxylic acids is 1. The number of carbonyl (C=O) groups is 1. The summed E-state index contributed by atoms with van der Waals surface area (Å²) in [7, 11) is 0. The first-order valence-corrected chi connectivity index (χ1v) is 11.4. The van der Waals surface area contributed by atoms with Gasteiger partial charge in [-0.1, -0.05) is 24.3 Å². The smallest absolute Gasteiger partial charge is 0.253 e. The highest BCUT2D eigenvalue weighted by molar-refractivity contribution is 5.98. The van der Waals surface area contributed by atoms with Gasteiger partial charge >= 0.3 is 0 Å². The molecule has 0 spiro atoms. The normalized spacial score (nSPS) is 13.7. The van der Waals surface area contributed by atoms with Crippen molar-refractivity contribution in [1.82, 2.24) is 14.9 Å². The van der Waals surface area contributed by atoms with E-state index >= 15 is 0 Å². The second-order valence-corrected chi connectivity index (χ2v) is 8.49. The third-order valence-corrected chi connectivity index (χ3v) is 6.27. The molecule has 0 radical (unpaired) electrons. The van der Waals surface area contributed by atoms with E-state index in [9.17, 15) is 10.1 Å². The van der Waals surface area contributed by atoms with Crippen LogP contribution in [0.25, 0.3) is 21.7 Å². The van der Waals surface area contributed by atoms with Crippen LogP contribution in [0, 0.1) is 11.3 Å². The number of rotatable bonds is 5. The van der Waals surface area contributed by atoms with Gasteiger partial charge in [-0.15, -0.1) is 0 Å². The van der Waals surface area contributed by atoms with E-state index in [1.165, 1.54) is 18.3 Å². The number of hydrogen-bond donors (Lipinski definition) is 1. The van der Waals surface area contributed by atoms with Gasteiger partial charge in [0.05, 0.1) is 17.1 Å². The maximum Gasteiger partial charge on any atom is 0.253 e. The fraction of sp³-hybridized carbons (Fsp3) is 0.259. The van der Waals surface area contributed by atoms with E-state index < -0.39 is 0 Å². The molecule has 6 nitrogen and oxygen atoms in total. The molecule has 0 saturated carbocycles. The number of piperidine rings is 1. The van der Waals surface area contributed by atoms with E-state index in [1.54, 1.807) is 6.07 Å². The van der Waals surface area contributed by atoms with Gasteiger partial charge in [-0.2, -0.15) is 5.26 Å². The van der Waals surface area contributed by atoms with Crippen LogP contribution in [0.3, 0.4) is 0 Å². The van der Waals surface area contributed by atoms with Crippen LogP contribution in [0.5, 0.6) is 0 Å². The molecule has 1 aliphatic rings. The van der Waals surface area contributed by atoms with Gasteiger partial charge in [-0.3, -0.25) is 4.79 Å². The minimum atomic E-state index is 0.140. The van der Waals surface area contributed by atoms with E-state index in [1.807, 2.05) is 35.2 Å². The van der Waals surface area contributed by atoms with Gasteiger partial charge in [0.15, 0.2) is 0 Å². The predicted molar refractivity (Wildman–Crippen MR) is 130 cm³/mol. The largest absolute Gasteiger partial charge is 0.369 e. The Morgan fingerprint density at radius 1 is 0.970 bits per heavy atom. The average Bonchev–Trinajstić information content (AvgIpc) is 2.88. The predicted octanol–water partition coefficient (Wildman–Crippen LogP) is 4.94. The van der Waals surface area contributed by atoms with Crippen molar-refractivity contribution in [1.29, 1.82) is 5.26 Å². The van der Waals surface area contributed by atoms with Crippen LogP contribution in [0.2, 0.25) is 0 Å². The molecule has 6 heteroatoms. The highest BCUT2D eigenvalue weighted by atomic mass is 16.2. The van der Waals surface area contributed by atoms with Crippen LogP contribution in [0.4, 0.5) is 5.82 Å². The second-order valence-electron chi connectivity index (χ2n) is 8.49. The van der Waals surface area contributed by atoms with Gasteiger partial charge in [-0.05, 0) is 72.4 Å². The number of hydrogen-bond acceptors (Lipinski definition) is 5. The van der Waals surface area contributed by atoms with Crippen molar-refractivity contribution >= 4 is 33.4 Å². The lowest BCUT2D eigenvalue weighted by atomic mass is 10.0. The van der Waals surface area contributed by atoms with Gasteiger partial charge in [-0.25, -0.2) is 9.97 Å². The Morgan fingerprint density at radius 3 is 2.64 bits per heavy atom. The zero-order valence-corrected chi connectivity index (χ0v) is 18.4. The van der Waals surface area contributed by atoms with Crippen LogP contribution in [0.15, 0.2) is 60.9 Å². The van der Waals surface area contributed by atoms with Gasteiger partial charge in [0, 0.05) is 30.6 Å². The molecule has 5 rings (SSSR count). The minimum Gasteiger partial charge on any atom is -0.369 e. The summed E-state index contributed by atoms with van der Waals surface area (Å²) in [6.45, 7) is 2.43. The first kappa shape index (κ1) is 20.9. The first-order valence-electron chi connectivity index (χ1n) is 11.4. The number of nitrogens with one attached hydrogen (secondary N) is 1. The molecule has 164 valence electrons. The monoisotopic (exact) mass is 435 g/mol. The van der Waals surface area contributed by atoms with Crippen LogP contribution in [-0.2, 0) is 6.42 Å². The van der Waals surface area contributed by atoms with Crippen molar-refractivity contribution < 1.29 is 4.79 Å². The van der Waals surface area contributed by atoms with Gasteiger partial charge in [0.1, 0.15) is 12.1 Å². The number of fused-ring (bicyclic) bond motifs is 2. The van der Waals surface area contributed by atoms with Crippen molar-refractivity contribution in [3.63, 3.8) is 0 Å². The molecule has 1 N–H and O–H groups in total. The highest BCUT2D eigenvalue weighted by Crippen LogP contribution is 2.22. The summed E-state index contributed by atoms with van der Waals surface area (Å²) < 4.78 is 0. The van der Waals surface area contributed by atoms with Gasteiger partial charge in [0.25, 0.3) is 5.91 Å². The summed E-state index contributed by atoms with van der Waals surface area (Å²) in [6.07, 6.45) is 5.78. The maximum absolute atomic E-state index is 12.8. The second kappa shape index (κ2) is 9.25. The Bertz CT molecular complexity index is 1370. The molecular weight excluding hydrogens is 410 g/mol. The van der Waals surface area contributed by atoms with Crippen LogP contribution in [0.1, 0.15) is 40.7 Å². The molecule has 2 heterocycles. The Balaban J connectivity index is 1.28. The number of anilines is 1. The summed E-state index contributed by atoms with van der Waals surface area (Å²) in [4.78, 5) is 23.4. The van der Waals surface area contributed by atoms with E-state index in [-0.39, 0.29) is 5.91 Å². The van der Waals surface area contributed by atoms with Crippen molar-refractivity contribution in [3.05, 3.63) is 77.6 Å². The number of aromatic nitrogens is 2. The molecule has 1 amide bonds. The third kappa shape index (κ3) is 4.49. The molecule has 4 aromatic rings. The topological polar surface area (TPSA) is 81.9 Å². The highest BCUT2D eigenvalue weighted by Gasteiger charge is 2.18. The third-order valence-electron chi connectivity index (χ3n) is 6.27. The quantitative estimate of drug-likeness (QED) is 0.480. The van der Waals surface area contributed by atoms with Crippen molar-refractivity contribution in [2.75, 3.05) is 25.0 Å². The zero-order chi connectivity index (χ0) is 22.6. The molecule has 0 aliphatic carbocycles. The maximum atomic E-state index is 12.8. The molecular formula is C27H25N5O. The fourth-order valence-corrected chi connectivity index (χ4v) is 4.46. The van der Waals surface area contributed by atoms with Crippen molar-refractivity contribution in [3.8, 4) is 6.07 Å². The minimum absolute atomic E-state index is 0.140. The standard InChI is InChI=1S/C27H25N5O/c28-17-20-5-9-25-24(15-20)26(31-18-30-25)29-11-10-19-4-6-22-16-23(8-7-21(22)14-19)27(33)32-12-2-1-3-13-32/h4-9,14-16,18H,1-3,10-13H2,(H,29,30,31). The fourth-order valence-electron chi connectivity index (χ4n) is 4.46. The average molecular weight is 436 g/mol. The van der Waals surface area contributed by atoms with Crippen molar-refractivity contribution in [2.45, 2.75) is 25.7 Å².